The zero-order valence-corrected chi connectivity index (χ0v) is 21.3. The molecule has 2 rings (SSSR count). The van der Waals surface area contributed by atoms with Gasteiger partial charge in [-0.05, 0) is 88.6 Å². The summed E-state index contributed by atoms with van der Waals surface area (Å²) in [4.78, 5) is 27.5. The number of rotatable bonds is 9. The van der Waals surface area contributed by atoms with Gasteiger partial charge in [-0.2, -0.15) is 0 Å². The Balaban J connectivity index is 2.22. The molecule has 0 heterocycles. The third-order valence-corrected chi connectivity index (χ3v) is 6.46. The van der Waals surface area contributed by atoms with Gasteiger partial charge in [-0.3, -0.25) is 9.59 Å². The van der Waals surface area contributed by atoms with Crippen LogP contribution in [-0.2, 0) is 0 Å². The van der Waals surface area contributed by atoms with Crippen molar-refractivity contribution in [2.75, 3.05) is 38.6 Å². The lowest BCUT2D eigenvalue weighted by atomic mass is 10.1. The molecule has 30 heavy (non-hydrogen) atoms. The Morgan fingerprint density at radius 3 is 2.30 bits per heavy atom. The normalized spacial score (nSPS) is 10.8. The molecule has 162 valence electrons. The monoisotopic (exact) mass is 639 g/mol. The van der Waals surface area contributed by atoms with Crippen LogP contribution in [0.25, 0.3) is 0 Å². The van der Waals surface area contributed by atoms with Gasteiger partial charge in [0.15, 0.2) is 0 Å². The van der Waals surface area contributed by atoms with Crippen LogP contribution in [0.5, 0.6) is 5.75 Å². The molecule has 0 radical (unpaired) electrons. The summed E-state index contributed by atoms with van der Waals surface area (Å²) in [5.74, 6) is -0.616. The maximum Gasteiger partial charge on any atom is 0.255 e. The number of methoxy groups -OCH3 is 1. The number of carbonyl (C=O) groups excluding carboxylic acids is 2. The molecule has 0 saturated heterocycles. The highest BCUT2D eigenvalue weighted by atomic mass is 127. The molecule has 2 N–H and O–H groups in total. The third-order valence-electron chi connectivity index (χ3n) is 4.58. The lowest BCUT2D eigenvalue weighted by Gasteiger charge is -2.19. The lowest BCUT2D eigenvalue weighted by molar-refractivity contribution is 0.0945. The van der Waals surface area contributed by atoms with Crippen LogP contribution >= 0.6 is 45.2 Å². The molecule has 6 nitrogen and oxygen atoms in total. The van der Waals surface area contributed by atoms with Gasteiger partial charge in [0.05, 0.1) is 21.9 Å². The molecule has 0 bridgehead atoms. The van der Waals surface area contributed by atoms with Gasteiger partial charge in [0.25, 0.3) is 11.8 Å². The first-order chi connectivity index (χ1) is 14.3. The molecule has 0 aliphatic carbocycles. The summed E-state index contributed by atoms with van der Waals surface area (Å²) in [6.07, 6.45) is 0. The molecule has 0 unspecified atom stereocenters. The zero-order chi connectivity index (χ0) is 22.3. The number of anilines is 1. The van der Waals surface area contributed by atoms with Crippen molar-refractivity contribution in [1.82, 2.24) is 10.2 Å². The predicted molar refractivity (Wildman–Crippen MR) is 133 cm³/mol. The number of benzene rings is 2. The van der Waals surface area contributed by atoms with Crippen LogP contribution in [0.15, 0.2) is 30.3 Å². The Kier molecular flexibility index (Phi) is 9.75. The van der Waals surface area contributed by atoms with Crippen LogP contribution in [0, 0.1) is 13.0 Å². The fraction of sp³-hybridized carbons (Fsp3) is 0.333. The second-order valence-electron chi connectivity index (χ2n) is 6.37. The molecule has 0 aliphatic rings. The summed E-state index contributed by atoms with van der Waals surface area (Å²) in [5.41, 5.74) is 1.29. The second kappa shape index (κ2) is 11.8. The molecule has 2 amide bonds. The number of halogens is 3. The summed E-state index contributed by atoms with van der Waals surface area (Å²) in [6, 6.07) is 6.99. The van der Waals surface area contributed by atoms with Crippen LogP contribution in [-0.4, -0.2) is 50.0 Å². The minimum absolute atomic E-state index is 0.230. The van der Waals surface area contributed by atoms with Crippen molar-refractivity contribution in [3.63, 3.8) is 0 Å². The molecule has 0 atom stereocenters. The van der Waals surface area contributed by atoms with E-state index in [0.717, 1.165) is 19.6 Å². The van der Waals surface area contributed by atoms with Crippen LogP contribution in [0.1, 0.15) is 34.6 Å². The number of carbonyl (C=O) groups is 2. The number of ether oxygens (including phenoxy) is 1. The molecule has 2 aromatic carbocycles. The fourth-order valence-electron chi connectivity index (χ4n) is 2.83. The Bertz CT molecular complexity index is 903. The summed E-state index contributed by atoms with van der Waals surface area (Å²) in [6.45, 7) is 7.30. The summed E-state index contributed by atoms with van der Waals surface area (Å²) in [7, 11) is 1.49. The van der Waals surface area contributed by atoms with E-state index < -0.39 is 5.82 Å². The average molecular weight is 639 g/mol. The van der Waals surface area contributed by atoms with Crippen LogP contribution < -0.4 is 15.4 Å². The van der Waals surface area contributed by atoms with E-state index in [1.807, 2.05) is 0 Å². The van der Waals surface area contributed by atoms with Gasteiger partial charge < -0.3 is 20.3 Å². The molecule has 0 spiro atoms. The van der Waals surface area contributed by atoms with E-state index in [0.29, 0.717) is 36.2 Å². The molecule has 0 fully saturated rings. The summed E-state index contributed by atoms with van der Waals surface area (Å²) >= 11 is 4.12. The Morgan fingerprint density at radius 2 is 1.73 bits per heavy atom. The first-order valence-electron chi connectivity index (χ1n) is 9.45. The molecular weight excluding hydrogens is 615 g/mol. The maximum absolute atomic E-state index is 13.1. The van der Waals surface area contributed by atoms with Crippen LogP contribution in [0.2, 0.25) is 0 Å². The van der Waals surface area contributed by atoms with Crippen molar-refractivity contribution >= 4 is 62.7 Å². The van der Waals surface area contributed by atoms with Crippen molar-refractivity contribution in [1.29, 1.82) is 0 Å². The number of hydrogen-bond acceptors (Lipinski definition) is 4. The molecule has 0 saturated carbocycles. The maximum atomic E-state index is 13.1. The highest BCUT2D eigenvalue weighted by molar-refractivity contribution is 14.1. The highest BCUT2D eigenvalue weighted by Crippen LogP contribution is 2.36. The SMILES string of the molecule is CCN(CC)CCNC(=O)c1cc(I)c(NC(=O)c2ccc(F)cc2)c(I)c1OC. The van der Waals surface area contributed by atoms with Crippen LogP contribution in [0.3, 0.4) is 0 Å². The van der Waals surface area contributed by atoms with Gasteiger partial charge in [-0.1, -0.05) is 13.8 Å². The predicted octanol–water partition coefficient (Wildman–Crippen LogP) is 4.37. The van der Waals surface area contributed by atoms with E-state index in [9.17, 15) is 14.0 Å². The average Bonchev–Trinajstić information content (AvgIpc) is 2.74. The minimum Gasteiger partial charge on any atom is -0.495 e. The smallest absolute Gasteiger partial charge is 0.255 e. The second-order valence-corrected chi connectivity index (χ2v) is 8.61. The number of nitrogens with one attached hydrogen (secondary N) is 2. The van der Waals surface area contributed by atoms with Crippen molar-refractivity contribution in [3.8, 4) is 5.75 Å². The number of amides is 2. The van der Waals surface area contributed by atoms with E-state index >= 15 is 0 Å². The molecule has 0 aromatic heterocycles. The number of hydrogen-bond donors (Lipinski definition) is 2. The van der Waals surface area contributed by atoms with Crippen molar-refractivity contribution in [2.24, 2.45) is 0 Å². The number of likely N-dealkylation sites (N-methyl/N-ethyl adjacent to an activating group) is 1. The van der Waals surface area contributed by atoms with Gasteiger partial charge in [0.1, 0.15) is 11.6 Å². The highest BCUT2D eigenvalue weighted by Gasteiger charge is 2.22. The lowest BCUT2D eigenvalue weighted by Crippen LogP contribution is -2.35. The largest absolute Gasteiger partial charge is 0.495 e. The topological polar surface area (TPSA) is 70.7 Å². The molecular formula is C21H24FI2N3O3. The van der Waals surface area contributed by atoms with Crippen molar-refractivity contribution in [2.45, 2.75) is 13.8 Å². The summed E-state index contributed by atoms with van der Waals surface area (Å²) < 4.78 is 19.9. The quantitative estimate of drug-likeness (QED) is 0.401. The minimum atomic E-state index is -0.409. The first kappa shape index (κ1) is 24.8. The van der Waals surface area contributed by atoms with E-state index in [4.69, 9.17) is 4.74 Å². The van der Waals surface area contributed by atoms with Gasteiger partial charge in [0, 0.05) is 22.2 Å². The Morgan fingerprint density at radius 1 is 1.10 bits per heavy atom. The molecule has 0 aliphatic heterocycles. The number of nitrogens with zero attached hydrogens (tertiary/aromatic N) is 1. The molecule has 2 aromatic rings. The van der Waals surface area contributed by atoms with E-state index in [1.54, 1.807) is 6.07 Å². The Hall–Kier alpha value is -1.47. The van der Waals surface area contributed by atoms with Gasteiger partial charge in [-0.25, -0.2) is 4.39 Å². The molecule has 9 heteroatoms. The van der Waals surface area contributed by atoms with Gasteiger partial charge in [0.2, 0.25) is 0 Å². The standard InChI is InChI=1S/C21H24FI2N3O3/c1-4-27(5-2)11-10-25-21(29)15-12-16(23)18(17(24)19(15)30-3)26-20(28)13-6-8-14(22)9-7-13/h6-9,12H,4-5,10-11H2,1-3H3,(H,25,29)(H,26,28). The van der Waals surface area contributed by atoms with Gasteiger partial charge in [-0.15, -0.1) is 0 Å². The fourth-order valence-corrected chi connectivity index (χ4v) is 5.00. The van der Waals surface area contributed by atoms with E-state index in [-0.39, 0.29) is 11.8 Å². The van der Waals surface area contributed by atoms with E-state index in [1.165, 1.54) is 31.4 Å². The van der Waals surface area contributed by atoms with Crippen LogP contribution in [0.4, 0.5) is 10.1 Å². The first-order valence-corrected chi connectivity index (χ1v) is 11.6. The summed E-state index contributed by atoms with van der Waals surface area (Å²) in [5, 5.41) is 5.76. The van der Waals surface area contributed by atoms with Crippen molar-refractivity contribution in [3.05, 3.63) is 54.4 Å². The Labute approximate surface area is 203 Å². The third kappa shape index (κ3) is 6.27. The van der Waals surface area contributed by atoms with E-state index in [2.05, 4.69) is 74.6 Å². The van der Waals surface area contributed by atoms with Crippen molar-refractivity contribution < 1.29 is 18.7 Å². The zero-order valence-electron chi connectivity index (χ0n) is 17.0. The van der Waals surface area contributed by atoms with Gasteiger partial charge >= 0.3 is 0 Å².